The number of rotatable bonds is 12. The molecule has 2 nitrogen and oxygen atoms in total. The van der Waals surface area contributed by atoms with Gasteiger partial charge in [0.2, 0.25) is 0 Å². The van der Waals surface area contributed by atoms with Crippen molar-refractivity contribution in [2.24, 2.45) is 0 Å². The van der Waals surface area contributed by atoms with Crippen LogP contribution in [-0.2, 0) is 0 Å². The standard InChI is InChI=1S/C50H41O2P/c1-7-19-39(20-8-1)49(40-21-9-2-10-22-40)43-31-35-45(36-32-43)51-53(47-27-15-5-16-28-47,48-29-17-6-18-30-48)52-46-37-33-44(34-38-46)50(41-23-11-3-12-24-41)42-25-13-4-14-26-42/h1-38,49-50,53H. The fraction of sp³-hybridized carbons (Fsp3) is 0.0400. The molecule has 0 aliphatic heterocycles. The van der Waals surface area contributed by atoms with Crippen molar-refractivity contribution in [3.05, 3.63) is 264 Å². The van der Waals surface area contributed by atoms with Crippen LogP contribution in [0.4, 0.5) is 0 Å². The normalized spacial score (nSPS) is 11.7. The maximum absolute atomic E-state index is 7.26. The van der Waals surface area contributed by atoms with Gasteiger partial charge in [-0.05, 0) is 0 Å². The molecule has 0 fully saturated rings. The number of hydrogen-bond acceptors (Lipinski definition) is 2. The van der Waals surface area contributed by atoms with Crippen molar-refractivity contribution in [1.82, 2.24) is 0 Å². The SMILES string of the molecule is c1ccc(C(c2ccccc2)c2ccc(O[PH](Oc3ccc(C(c4ccccc4)c4ccccc4)cc3)(c3ccccc3)c3ccccc3)cc2)cc1. The Balaban J connectivity index is 1.17. The van der Waals surface area contributed by atoms with E-state index in [0.717, 1.165) is 22.1 Å². The molecule has 0 aromatic heterocycles. The van der Waals surface area contributed by atoms with E-state index in [2.05, 4.69) is 218 Å². The first-order chi connectivity index (χ1) is 26.3. The molecular weight excluding hydrogens is 664 g/mol. The Hall–Kier alpha value is -6.21. The van der Waals surface area contributed by atoms with Crippen LogP contribution >= 0.6 is 7.72 Å². The predicted octanol–water partition coefficient (Wildman–Crippen LogP) is 11.7. The van der Waals surface area contributed by atoms with E-state index in [-0.39, 0.29) is 11.8 Å². The summed E-state index contributed by atoms with van der Waals surface area (Å²) in [6.45, 7) is 0. The van der Waals surface area contributed by atoms with Crippen molar-refractivity contribution in [2.45, 2.75) is 11.8 Å². The second kappa shape index (κ2) is 16.0. The van der Waals surface area contributed by atoms with Crippen LogP contribution in [0.5, 0.6) is 11.5 Å². The summed E-state index contributed by atoms with van der Waals surface area (Å²) in [4.78, 5) is 0. The third-order valence-electron chi connectivity index (χ3n) is 9.79. The molecule has 0 heterocycles. The van der Waals surface area contributed by atoms with Crippen molar-refractivity contribution in [2.75, 3.05) is 0 Å². The number of hydrogen-bond donors (Lipinski definition) is 0. The monoisotopic (exact) mass is 704 g/mol. The van der Waals surface area contributed by atoms with Crippen LogP contribution < -0.4 is 19.7 Å². The van der Waals surface area contributed by atoms with Gasteiger partial charge in [-0.3, -0.25) is 0 Å². The van der Waals surface area contributed by atoms with Gasteiger partial charge in [0.05, 0.1) is 0 Å². The minimum absolute atomic E-state index is 0.0991. The zero-order valence-electron chi connectivity index (χ0n) is 29.4. The Labute approximate surface area is 313 Å². The quantitative estimate of drug-likeness (QED) is 0.0931. The van der Waals surface area contributed by atoms with Crippen molar-refractivity contribution in [3.8, 4) is 11.5 Å². The van der Waals surface area contributed by atoms with Crippen molar-refractivity contribution in [3.63, 3.8) is 0 Å². The molecule has 0 bridgehead atoms. The third-order valence-corrected chi connectivity index (χ3v) is 13.0. The summed E-state index contributed by atoms with van der Waals surface area (Å²) >= 11 is 0. The summed E-state index contributed by atoms with van der Waals surface area (Å²) in [5.41, 5.74) is 7.39. The Bertz CT molecular complexity index is 2050. The first kappa shape index (κ1) is 33.9. The van der Waals surface area contributed by atoms with Crippen molar-refractivity contribution < 1.29 is 9.05 Å². The second-order valence-corrected chi connectivity index (χ2v) is 16.0. The van der Waals surface area contributed by atoms with Gasteiger partial charge < -0.3 is 0 Å². The summed E-state index contributed by atoms with van der Waals surface area (Å²) in [5, 5.41) is 2.05. The van der Waals surface area contributed by atoms with Crippen LogP contribution in [0.3, 0.4) is 0 Å². The van der Waals surface area contributed by atoms with Gasteiger partial charge >= 0.3 is 315 Å². The fourth-order valence-corrected chi connectivity index (χ4v) is 10.3. The molecule has 0 aliphatic carbocycles. The minimum atomic E-state index is -3.37. The van der Waals surface area contributed by atoms with E-state index in [1.54, 1.807) is 0 Å². The summed E-state index contributed by atoms with van der Waals surface area (Å²) in [6.07, 6.45) is 0. The van der Waals surface area contributed by atoms with Gasteiger partial charge in [-0.2, -0.15) is 0 Å². The van der Waals surface area contributed by atoms with Crippen LogP contribution in [0.15, 0.2) is 231 Å². The molecular formula is C50H41O2P. The van der Waals surface area contributed by atoms with Crippen LogP contribution in [0.1, 0.15) is 45.2 Å². The third kappa shape index (κ3) is 7.56. The molecule has 0 atom stereocenters. The van der Waals surface area contributed by atoms with Gasteiger partial charge in [-0.15, -0.1) is 0 Å². The van der Waals surface area contributed by atoms with Crippen molar-refractivity contribution in [1.29, 1.82) is 0 Å². The van der Waals surface area contributed by atoms with Crippen molar-refractivity contribution >= 4 is 18.3 Å². The van der Waals surface area contributed by atoms with Crippen LogP contribution in [0.25, 0.3) is 0 Å². The van der Waals surface area contributed by atoms with E-state index < -0.39 is 7.72 Å². The van der Waals surface area contributed by atoms with Crippen LogP contribution in [0, 0.1) is 0 Å². The molecule has 0 radical (unpaired) electrons. The van der Waals surface area contributed by atoms with Crippen LogP contribution in [-0.4, -0.2) is 0 Å². The molecule has 258 valence electrons. The first-order valence-electron chi connectivity index (χ1n) is 18.2. The van der Waals surface area contributed by atoms with E-state index in [1.165, 1.54) is 33.4 Å². The molecule has 8 rings (SSSR count). The van der Waals surface area contributed by atoms with Gasteiger partial charge in [0.15, 0.2) is 0 Å². The molecule has 0 amide bonds. The van der Waals surface area contributed by atoms with E-state index in [4.69, 9.17) is 9.05 Å². The average Bonchev–Trinajstić information content (AvgIpc) is 3.24. The molecule has 0 spiro atoms. The van der Waals surface area contributed by atoms with E-state index in [9.17, 15) is 0 Å². The summed E-state index contributed by atoms with van der Waals surface area (Å²) < 4.78 is 14.5. The number of benzene rings is 8. The second-order valence-electron chi connectivity index (χ2n) is 13.2. The van der Waals surface area contributed by atoms with Gasteiger partial charge in [0, 0.05) is 0 Å². The Kier molecular flexibility index (Phi) is 10.2. The Morgan fingerprint density at radius 2 is 0.472 bits per heavy atom. The fourth-order valence-electron chi connectivity index (χ4n) is 7.26. The zero-order chi connectivity index (χ0) is 35.7. The molecule has 0 saturated heterocycles. The molecule has 3 heteroatoms. The molecule has 53 heavy (non-hydrogen) atoms. The van der Waals surface area contributed by atoms with Gasteiger partial charge in [0.1, 0.15) is 0 Å². The Morgan fingerprint density at radius 3 is 0.736 bits per heavy atom. The topological polar surface area (TPSA) is 18.5 Å². The van der Waals surface area contributed by atoms with E-state index in [1.807, 2.05) is 12.1 Å². The summed E-state index contributed by atoms with van der Waals surface area (Å²) in [5.74, 6) is 1.72. The average molecular weight is 705 g/mol. The molecule has 0 saturated carbocycles. The van der Waals surface area contributed by atoms with Gasteiger partial charge in [-0.1, -0.05) is 0 Å². The molecule has 0 aliphatic rings. The molecule has 0 N–H and O–H groups in total. The van der Waals surface area contributed by atoms with Crippen LogP contribution in [0.2, 0.25) is 0 Å². The Morgan fingerprint density at radius 1 is 0.245 bits per heavy atom. The zero-order valence-corrected chi connectivity index (χ0v) is 30.4. The maximum atomic E-state index is 7.26. The van der Waals surface area contributed by atoms with E-state index in [0.29, 0.717) is 0 Å². The molecule has 8 aromatic rings. The molecule has 0 unspecified atom stereocenters. The van der Waals surface area contributed by atoms with E-state index >= 15 is 0 Å². The van der Waals surface area contributed by atoms with Gasteiger partial charge in [0.25, 0.3) is 0 Å². The first-order valence-corrected chi connectivity index (χ1v) is 20.0. The summed E-state index contributed by atoms with van der Waals surface area (Å²) in [7, 11) is -3.37. The molecule has 8 aromatic carbocycles. The predicted molar refractivity (Wildman–Crippen MR) is 222 cm³/mol. The van der Waals surface area contributed by atoms with Gasteiger partial charge in [-0.25, -0.2) is 0 Å². The summed E-state index contributed by atoms with van der Waals surface area (Å²) in [6, 6.07) is 80.7.